The molecule has 186 valence electrons. The molecule has 1 amide bonds. The Morgan fingerprint density at radius 2 is 1.97 bits per heavy atom. The monoisotopic (exact) mass is 502 g/mol. The Kier molecular flexibility index (Phi) is 6.23. The van der Waals surface area contributed by atoms with E-state index >= 15 is 0 Å². The summed E-state index contributed by atoms with van der Waals surface area (Å²) >= 11 is 0. The predicted octanol–water partition coefficient (Wildman–Crippen LogP) is 2.25. The molecule has 1 aromatic heterocycles. The van der Waals surface area contributed by atoms with E-state index in [-0.39, 0.29) is 45.1 Å². The van der Waals surface area contributed by atoms with Gasteiger partial charge in [-0.3, -0.25) is 18.7 Å². The number of rotatable bonds is 7. The summed E-state index contributed by atoms with van der Waals surface area (Å²) in [5.74, 6) is -1.11. The molecule has 12 nitrogen and oxygen atoms in total. The molecule has 0 atom stereocenters. The Labute approximate surface area is 201 Å². The SMILES string of the molecule is CC(C)CNn1c(=O)c(C2=NS(O)(O)c3c(ccc(OCC(N)=O)c3N)N2)c(O)c2ccccc21. The quantitative estimate of drug-likeness (QED) is 0.237. The summed E-state index contributed by atoms with van der Waals surface area (Å²) in [4.78, 5) is 24.4. The van der Waals surface area contributed by atoms with Crippen molar-refractivity contribution < 1.29 is 23.7 Å². The number of pyridine rings is 1. The average molecular weight is 503 g/mol. The highest BCUT2D eigenvalue weighted by Crippen LogP contribution is 2.59. The van der Waals surface area contributed by atoms with Gasteiger partial charge in [0.05, 0.1) is 11.2 Å². The van der Waals surface area contributed by atoms with Crippen LogP contribution in [-0.4, -0.2) is 43.8 Å². The summed E-state index contributed by atoms with van der Waals surface area (Å²) in [6.07, 6.45) is 0. The summed E-state index contributed by atoms with van der Waals surface area (Å²) in [5.41, 5.74) is 13.8. The number of aromatic nitrogens is 1. The summed E-state index contributed by atoms with van der Waals surface area (Å²) < 4.78 is 32.2. The van der Waals surface area contributed by atoms with Crippen molar-refractivity contribution in [3.8, 4) is 11.5 Å². The van der Waals surface area contributed by atoms with E-state index in [9.17, 15) is 23.8 Å². The van der Waals surface area contributed by atoms with E-state index in [1.165, 1.54) is 16.8 Å². The number of anilines is 2. The van der Waals surface area contributed by atoms with Crippen LogP contribution in [0, 0.1) is 5.92 Å². The largest absolute Gasteiger partial charge is 0.506 e. The zero-order chi connectivity index (χ0) is 25.5. The van der Waals surface area contributed by atoms with Crippen LogP contribution < -0.4 is 32.5 Å². The fourth-order valence-corrected chi connectivity index (χ4v) is 4.94. The maximum atomic E-state index is 13.5. The van der Waals surface area contributed by atoms with Crippen LogP contribution in [0.1, 0.15) is 19.4 Å². The number of nitrogens with zero attached hydrogens (tertiary/aromatic N) is 2. The van der Waals surface area contributed by atoms with E-state index in [4.69, 9.17) is 16.2 Å². The summed E-state index contributed by atoms with van der Waals surface area (Å²) in [5, 5.41) is 14.2. The molecule has 0 fully saturated rings. The number of nitrogen functional groups attached to an aromatic ring is 1. The molecular weight excluding hydrogens is 476 g/mol. The van der Waals surface area contributed by atoms with Crippen molar-refractivity contribution in [2.24, 2.45) is 16.0 Å². The third-order valence-corrected chi connectivity index (χ3v) is 6.64. The van der Waals surface area contributed by atoms with Gasteiger partial charge in [0.15, 0.2) is 12.4 Å². The Bertz CT molecular complexity index is 1420. The molecular formula is C22H26N6O6S. The lowest BCUT2D eigenvalue weighted by Gasteiger charge is -2.35. The molecule has 0 bridgehead atoms. The average Bonchev–Trinajstić information content (AvgIpc) is 2.77. The second kappa shape index (κ2) is 9.02. The van der Waals surface area contributed by atoms with Crippen LogP contribution in [0.2, 0.25) is 0 Å². The van der Waals surface area contributed by atoms with Gasteiger partial charge in [0.25, 0.3) is 11.5 Å². The molecule has 35 heavy (non-hydrogen) atoms. The highest BCUT2D eigenvalue weighted by atomic mass is 32.3. The fourth-order valence-electron chi connectivity index (χ4n) is 3.65. The van der Waals surface area contributed by atoms with Gasteiger partial charge in [-0.2, -0.15) is 0 Å². The third kappa shape index (κ3) is 4.43. The Hall–Kier alpha value is -3.94. The van der Waals surface area contributed by atoms with E-state index in [0.29, 0.717) is 17.4 Å². The number of nitrogens with two attached hydrogens (primary N) is 2. The van der Waals surface area contributed by atoms with Crippen molar-refractivity contribution in [1.82, 2.24) is 4.68 Å². The van der Waals surface area contributed by atoms with Crippen molar-refractivity contribution >= 4 is 44.8 Å². The number of para-hydroxylation sites is 1. The van der Waals surface area contributed by atoms with Crippen LogP contribution in [0.5, 0.6) is 11.5 Å². The van der Waals surface area contributed by atoms with Gasteiger partial charge in [-0.1, -0.05) is 36.8 Å². The van der Waals surface area contributed by atoms with Crippen LogP contribution in [0.4, 0.5) is 11.4 Å². The first kappa shape index (κ1) is 24.2. The minimum absolute atomic E-state index is 0.0109. The number of amides is 1. The van der Waals surface area contributed by atoms with Crippen molar-refractivity contribution in [3.05, 3.63) is 52.3 Å². The van der Waals surface area contributed by atoms with Crippen LogP contribution in [0.25, 0.3) is 10.9 Å². The molecule has 0 unspecified atom stereocenters. The van der Waals surface area contributed by atoms with Crippen molar-refractivity contribution in [1.29, 1.82) is 0 Å². The normalized spacial score (nSPS) is 15.2. The molecule has 1 aliphatic heterocycles. The zero-order valence-electron chi connectivity index (χ0n) is 19.0. The molecule has 13 heteroatoms. The summed E-state index contributed by atoms with van der Waals surface area (Å²) in [6.45, 7) is 3.97. The molecule has 2 heterocycles. The predicted molar refractivity (Wildman–Crippen MR) is 136 cm³/mol. The summed E-state index contributed by atoms with van der Waals surface area (Å²) in [6, 6.07) is 9.59. The van der Waals surface area contributed by atoms with Gasteiger partial charge in [-0.05, 0) is 30.2 Å². The van der Waals surface area contributed by atoms with Crippen molar-refractivity contribution in [2.75, 3.05) is 29.6 Å². The Balaban J connectivity index is 1.86. The van der Waals surface area contributed by atoms with Crippen LogP contribution in [0.3, 0.4) is 0 Å². The molecule has 0 saturated carbocycles. The highest BCUT2D eigenvalue weighted by molar-refractivity contribution is 8.23. The van der Waals surface area contributed by atoms with Crippen molar-refractivity contribution in [2.45, 2.75) is 18.7 Å². The Morgan fingerprint density at radius 3 is 2.66 bits per heavy atom. The topological polar surface area (TPSA) is 197 Å². The van der Waals surface area contributed by atoms with Crippen LogP contribution in [-0.2, 0) is 4.79 Å². The van der Waals surface area contributed by atoms with E-state index in [1.54, 1.807) is 24.3 Å². The van der Waals surface area contributed by atoms with E-state index in [1.807, 2.05) is 13.8 Å². The molecule has 0 spiro atoms. The first-order valence-electron chi connectivity index (χ1n) is 10.6. The standard InChI is InChI=1S/C22H26N6O6S/c1-11(2)9-25-28-14-6-4-3-5-12(14)19(30)17(22(28)31)21-26-13-7-8-15(34-10-16(23)29)18(24)20(13)35(32,33)27-21/h3-8,11,25,30,32-33H,9-10,24H2,1-2H3,(H2,23,29)(H,26,27). The lowest BCUT2D eigenvalue weighted by atomic mass is 10.1. The highest BCUT2D eigenvalue weighted by Gasteiger charge is 2.33. The van der Waals surface area contributed by atoms with E-state index in [0.717, 1.165) is 0 Å². The van der Waals surface area contributed by atoms with Crippen LogP contribution >= 0.6 is 10.8 Å². The fraction of sp³-hybridized carbons (Fsp3) is 0.227. The van der Waals surface area contributed by atoms with Gasteiger partial charge in [-0.25, -0.2) is 4.68 Å². The summed E-state index contributed by atoms with van der Waals surface area (Å²) in [7, 11) is -3.93. The lowest BCUT2D eigenvalue weighted by molar-refractivity contribution is -0.119. The smallest absolute Gasteiger partial charge is 0.284 e. The first-order valence-corrected chi connectivity index (χ1v) is 12.1. The molecule has 0 saturated heterocycles. The van der Waals surface area contributed by atoms with E-state index < -0.39 is 28.8 Å². The molecule has 3 aromatic rings. The maximum Gasteiger partial charge on any atom is 0.284 e. The lowest BCUT2D eigenvalue weighted by Crippen LogP contribution is -2.37. The number of carbonyl (C=O) groups is 1. The van der Waals surface area contributed by atoms with Gasteiger partial charge in [-0.15, -0.1) is 4.40 Å². The first-order chi connectivity index (χ1) is 16.5. The third-order valence-electron chi connectivity index (χ3n) is 5.22. The van der Waals surface area contributed by atoms with Gasteiger partial charge in [0.2, 0.25) is 0 Å². The number of hydrogen-bond acceptors (Lipinski definition) is 10. The number of aromatic hydroxyl groups is 1. The molecule has 9 N–H and O–H groups in total. The number of fused-ring (bicyclic) bond motifs is 2. The number of amidine groups is 1. The van der Waals surface area contributed by atoms with E-state index in [2.05, 4.69) is 15.1 Å². The molecule has 1 aliphatic rings. The number of hydrogen-bond donors (Lipinski definition) is 7. The molecule has 4 rings (SSSR count). The number of carbonyl (C=O) groups excluding carboxylic acids is 1. The minimum Gasteiger partial charge on any atom is -0.506 e. The Morgan fingerprint density at radius 1 is 1.26 bits per heavy atom. The van der Waals surface area contributed by atoms with Crippen molar-refractivity contribution in [3.63, 3.8) is 0 Å². The molecule has 0 radical (unpaired) electrons. The number of benzene rings is 2. The second-order valence-electron chi connectivity index (χ2n) is 8.33. The number of ether oxygens (including phenoxy) is 1. The second-order valence-corrected chi connectivity index (χ2v) is 9.96. The number of nitrogens with one attached hydrogen (secondary N) is 2. The van der Waals surface area contributed by atoms with Gasteiger partial charge >= 0.3 is 0 Å². The molecule has 0 aliphatic carbocycles. The molecule has 2 aromatic carbocycles. The van der Waals surface area contributed by atoms with Gasteiger partial charge < -0.3 is 32.1 Å². The van der Waals surface area contributed by atoms with Gasteiger partial charge in [0, 0.05) is 11.9 Å². The maximum absolute atomic E-state index is 13.5. The zero-order valence-corrected chi connectivity index (χ0v) is 19.8. The van der Waals surface area contributed by atoms with Crippen LogP contribution in [0.15, 0.2) is 50.5 Å². The minimum atomic E-state index is -3.93. The van der Waals surface area contributed by atoms with Gasteiger partial charge in [0.1, 0.15) is 27.6 Å². The number of primary amides is 1.